The number of nitrogens with zero attached hydrogens (tertiary/aromatic N) is 1. The van der Waals surface area contributed by atoms with Crippen molar-refractivity contribution in [1.29, 1.82) is 0 Å². The van der Waals surface area contributed by atoms with E-state index in [2.05, 4.69) is 26.3 Å². The van der Waals surface area contributed by atoms with Gasteiger partial charge in [-0.05, 0) is 30.3 Å². The lowest BCUT2D eigenvalue weighted by Gasteiger charge is -2.11. The molecule has 0 aliphatic heterocycles. The topological polar surface area (TPSA) is 60.2 Å². The number of ether oxygens (including phenoxy) is 1. The molecule has 2 aromatic carbocycles. The van der Waals surface area contributed by atoms with Gasteiger partial charge in [-0.3, -0.25) is 0 Å². The summed E-state index contributed by atoms with van der Waals surface area (Å²) < 4.78 is 6.78. The highest BCUT2D eigenvalue weighted by atomic mass is 79.9. The average Bonchev–Trinajstić information content (AvgIpc) is 2.52. The summed E-state index contributed by atoms with van der Waals surface area (Å²) in [5.74, 6) is 6.98. The highest BCUT2D eigenvalue weighted by molar-refractivity contribution is 9.10. The molecule has 5 heteroatoms. The van der Waals surface area contributed by atoms with Crippen LogP contribution < -0.4 is 16.0 Å². The van der Waals surface area contributed by atoms with Crippen LogP contribution in [0, 0.1) is 0 Å². The van der Waals surface area contributed by atoms with Crippen molar-refractivity contribution in [2.24, 2.45) is 5.84 Å². The molecule has 106 valence electrons. The first-order valence-electron chi connectivity index (χ1n) is 6.50. The third-order valence-electron chi connectivity index (χ3n) is 3.13. The highest BCUT2D eigenvalue weighted by Gasteiger charge is 2.07. The van der Waals surface area contributed by atoms with Gasteiger partial charge >= 0.3 is 0 Å². The van der Waals surface area contributed by atoms with Gasteiger partial charge in [0.1, 0.15) is 18.2 Å². The third kappa shape index (κ3) is 3.15. The van der Waals surface area contributed by atoms with E-state index < -0.39 is 0 Å². The van der Waals surface area contributed by atoms with Crippen LogP contribution in [0.3, 0.4) is 0 Å². The number of fused-ring (bicyclic) bond motifs is 1. The van der Waals surface area contributed by atoms with Crippen molar-refractivity contribution in [3.05, 3.63) is 64.6 Å². The quantitative estimate of drug-likeness (QED) is 0.557. The van der Waals surface area contributed by atoms with Crippen LogP contribution in [0.4, 0.5) is 5.82 Å². The highest BCUT2D eigenvalue weighted by Crippen LogP contribution is 2.23. The predicted molar refractivity (Wildman–Crippen MR) is 88.0 cm³/mol. The number of pyridine rings is 1. The van der Waals surface area contributed by atoms with E-state index in [4.69, 9.17) is 10.6 Å². The van der Waals surface area contributed by atoms with Crippen LogP contribution in [0.15, 0.2) is 59.1 Å². The minimum Gasteiger partial charge on any atom is -0.489 e. The van der Waals surface area contributed by atoms with Gasteiger partial charge in [-0.15, -0.1) is 0 Å². The predicted octanol–water partition coefficient (Wildman–Crippen LogP) is 3.86. The largest absolute Gasteiger partial charge is 0.489 e. The summed E-state index contributed by atoms with van der Waals surface area (Å²) in [4.78, 5) is 4.50. The maximum atomic E-state index is 5.80. The van der Waals surface area contributed by atoms with Crippen molar-refractivity contribution in [3.63, 3.8) is 0 Å². The van der Waals surface area contributed by atoms with Crippen molar-refractivity contribution >= 4 is 32.7 Å². The molecule has 0 bridgehead atoms. The van der Waals surface area contributed by atoms with Crippen LogP contribution in [0.2, 0.25) is 0 Å². The molecular weight excluding hydrogens is 330 g/mol. The summed E-state index contributed by atoms with van der Waals surface area (Å²) in [5.41, 5.74) is 4.45. The fourth-order valence-corrected chi connectivity index (χ4v) is 2.49. The van der Waals surface area contributed by atoms with E-state index >= 15 is 0 Å². The second-order valence-corrected chi connectivity index (χ2v) is 5.49. The van der Waals surface area contributed by atoms with E-state index in [1.165, 1.54) is 0 Å². The molecule has 0 saturated carbocycles. The van der Waals surface area contributed by atoms with E-state index in [0.717, 1.165) is 26.7 Å². The molecule has 1 heterocycles. The zero-order valence-electron chi connectivity index (χ0n) is 11.2. The SMILES string of the molecule is NNc1nc2ccccc2cc1COc1cccc(Br)c1. The number of hydrazine groups is 1. The van der Waals surface area contributed by atoms with Crippen LogP contribution in [0.25, 0.3) is 10.9 Å². The summed E-state index contributed by atoms with van der Waals surface area (Å²) in [6.45, 7) is 0.397. The van der Waals surface area contributed by atoms with E-state index in [-0.39, 0.29) is 0 Å². The van der Waals surface area contributed by atoms with E-state index in [9.17, 15) is 0 Å². The van der Waals surface area contributed by atoms with Crippen LogP contribution in [0.1, 0.15) is 5.56 Å². The van der Waals surface area contributed by atoms with Gasteiger partial charge in [0.05, 0.1) is 5.52 Å². The number of hydrogen-bond acceptors (Lipinski definition) is 4. The molecule has 0 saturated heterocycles. The Morgan fingerprint density at radius 2 is 1.95 bits per heavy atom. The number of hydrogen-bond donors (Lipinski definition) is 2. The van der Waals surface area contributed by atoms with Gasteiger partial charge in [-0.25, -0.2) is 10.8 Å². The lowest BCUT2D eigenvalue weighted by molar-refractivity contribution is 0.306. The molecule has 0 radical (unpaired) electrons. The fourth-order valence-electron chi connectivity index (χ4n) is 2.11. The van der Waals surface area contributed by atoms with Crippen molar-refractivity contribution < 1.29 is 4.74 Å². The first-order chi connectivity index (χ1) is 10.3. The second-order valence-electron chi connectivity index (χ2n) is 4.58. The van der Waals surface area contributed by atoms with Gasteiger partial charge < -0.3 is 10.2 Å². The number of nitrogens with one attached hydrogen (secondary N) is 1. The van der Waals surface area contributed by atoms with E-state index in [1.54, 1.807) is 0 Å². The lowest BCUT2D eigenvalue weighted by Crippen LogP contribution is -2.12. The Labute approximate surface area is 131 Å². The summed E-state index contributed by atoms with van der Waals surface area (Å²) in [6.07, 6.45) is 0. The molecule has 1 aromatic heterocycles. The standard InChI is InChI=1S/C16H14BrN3O/c17-13-5-3-6-14(9-13)21-10-12-8-11-4-1-2-7-15(11)19-16(12)20-18/h1-9H,10,18H2,(H,19,20). The number of aromatic nitrogens is 1. The second kappa shape index (κ2) is 6.11. The lowest BCUT2D eigenvalue weighted by atomic mass is 10.1. The summed E-state index contributed by atoms with van der Waals surface area (Å²) >= 11 is 3.42. The smallest absolute Gasteiger partial charge is 0.147 e. The van der Waals surface area contributed by atoms with E-state index in [0.29, 0.717) is 12.4 Å². The van der Waals surface area contributed by atoms with Gasteiger partial charge in [-0.1, -0.05) is 40.2 Å². The molecule has 0 amide bonds. The normalized spacial score (nSPS) is 10.6. The number of rotatable bonds is 4. The maximum Gasteiger partial charge on any atom is 0.147 e. The van der Waals surface area contributed by atoms with Gasteiger partial charge in [0.2, 0.25) is 0 Å². The van der Waals surface area contributed by atoms with Crippen LogP contribution >= 0.6 is 15.9 Å². The Bertz CT molecular complexity index is 776. The monoisotopic (exact) mass is 343 g/mol. The Morgan fingerprint density at radius 3 is 2.76 bits per heavy atom. The third-order valence-corrected chi connectivity index (χ3v) is 3.62. The van der Waals surface area contributed by atoms with E-state index in [1.807, 2.05) is 54.6 Å². The van der Waals surface area contributed by atoms with Crippen LogP contribution in [0.5, 0.6) is 5.75 Å². The number of benzene rings is 2. The Balaban J connectivity index is 1.88. The van der Waals surface area contributed by atoms with Gasteiger partial charge in [0, 0.05) is 15.4 Å². The minimum atomic E-state index is 0.397. The molecule has 0 fully saturated rings. The number of nitrogen functional groups attached to an aromatic ring is 1. The Hall–Kier alpha value is -2.11. The first kappa shape index (κ1) is 13.9. The molecule has 0 aliphatic rings. The fraction of sp³-hybridized carbons (Fsp3) is 0.0625. The zero-order chi connectivity index (χ0) is 14.7. The van der Waals surface area contributed by atoms with Crippen molar-refractivity contribution in [2.75, 3.05) is 5.43 Å². The maximum absolute atomic E-state index is 5.80. The van der Waals surface area contributed by atoms with Gasteiger partial charge in [0.15, 0.2) is 0 Å². The van der Waals surface area contributed by atoms with Crippen molar-refractivity contribution in [2.45, 2.75) is 6.61 Å². The number of halogens is 1. The Morgan fingerprint density at radius 1 is 1.10 bits per heavy atom. The zero-order valence-corrected chi connectivity index (χ0v) is 12.8. The average molecular weight is 344 g/mol. The van der Waals surface area contributed by atoms with Gasteiger partial charge in [0.25, 0.3) is 0 Å². The molecule has 3 N–H and O–H groups in total. The summed E-state index contributed by atoms with van der Waals surface area (Å²) in [6, 6.07) is 17.7. The molecule has 4 nitrogen and oxygen atoms in total. The van der Waals surface area contributed by atoms with Gasteiger partial charge in [-0.2, -0.15) is 0 Å². The van der Waals surface area contributed by atoms with Crippen molar-refractivity contribution in [1.82, 2.24) is 4.98 Å². The first-order valence-corrected chi connectivity index (χ1v) is 7.29. The summed E-state index contributed by atoms with van der Waals surface area (Å²) in [5, 5.41) is 1.06. The molecule has 0 unspecified atom stereocenters. The molecular formula is C16H14BrN3O. The molecule has 0 aliphatic carbocycles. The molecule has 3 aromatic rings. The molecule has 3 rings (SSSR count). The molecule has 0 atom stereocenters. The summed E-state index contributed by atoms with van der Waals surface area (Å²) in [7, 11) is 0. The molecule has 0 spiro atoms. The van der Waals surface area contributed by atoms with Crippen LogP contribution in [-0.4, -0.2) is 4.98 Å². The number of anilines is 1. The Kier molecular flexibility index (Phi) is 4.03. The number of nitrogens with two attached hydrogens (primary N) is 1. The minimum absolute atomic E-state index is 0.397. The van der Waals surface area contributed by atoms with Crippen LogP contribution in [-0.2, 0) is 6.61 Å². The molecule has 21 heavy (non-hydrogen) atoms. The number of para-hydroxylation sites is 1. The van der Waals surface area contributed by atoms with Crippen molar-refractivity contribution in [3.8, 4) is 5.75 Å².